The summed E-state index contributed by atoms with van der Waals surface area (Å²) in [4.78, 5) is 7.49. The fourth-order valence-corrected chi connectivity index (χ4v) is 2.14. The summed E-state index contributed by atoms with van der Waals surface area (Å²) in [6.45, 7) is 0.975. The third-order valence-corrected chi connectivity index (χ3v) is 2.46. The highest BCUT2D eigenvalue weighted by Crippen LogP contribution is 2.18. The minimum absolute atomic E-state index is 0.962. The van der Waals surface area contributed by atoms with Crippen molar-refractivity contribution in [1.29, 1.82) is 0 Å². The van der Waals surface area contributed by atoms with E-state index in [1.54, 1.807) is 11.3 Å². The summed E-state index contributed by atoms with van der Waals surface area (Å²) in [5.74, 6) is 0. The van der Waals surface area contributed by atoms with Gasteiger partial charge in [0.1, 0.15) is 0 Å². The van der Waals surface area contributed by atoms with E-state index in [2.05, 4.69) is 25.8 Å². The molecule has 0 atom stereocenters. The standard InChI is InChI=1S/C6H9BrN2S/c1-9(2)4-5-3-8-6(7)10-5/h3H,4H2,1-2H3. The highest BCUT2D eigenvalue weighted by atomic mass is 79.9. The molecule has 0 aliphatic heterocycles. The predicted octanol–water partition coefficient (Wildman–Crippen LogP) is 1.97. The molecule has 0 N–H and O–H groups in total. The smallest absolute Gasteiger partial charge is 0.159 e. The van der Waals surface area contributed by atoms with Crippen LogP contribution in [0.2, 0.25) is 0 Å². The number of aromatic nitrogens is 1. The van der Waals surface area contributed by atoms with Gasteiger partial charge in [0.2, 0.25) is 0 Å². The summed E-state index contributed by atoms with van der Waals surface area (Å²) in [5, 5.41) is 0. The van der Waals surface area contributed by atoms with Crippen LogP contribution in [0.25, 0.3) is 0 Å². The Labute approximate surface area is 73.0 Å². The van der Waals surface area contributed by atoms with Crippen LogP contribution in [0.4, 0.5) is 0 Å². The molecule has 0 saturated heterocycles. The lowest BCUT2D eigenvalue weighted by Crippen LogP contribution is -2.09. The maximum Gasteiger partial charge on any atom is 0.159 e. The molecule has 0 fully saturated rings. The van der Waals surface area contributed by atoms with Gasteiger partial charge in [0, 0.05) is 17.6 Å². The van der Waals surface area contributed by atoms with E-state index in [-0.39, 0.29) is 0 Å². The molecule has 1 heterocycles. The Bertz CT molecular complexity index is 209. The van der Waals surface area contributed by atoms with E-state index >= 15 is 0 Å². The second-order valence-corrected chi connectivity index (χ2v) is 4.71. The first-order chi connectivity index (χ1) is 4.68. The topological polar surface area (TPSA) is 16.1 Å². The van der Waals surface area contributed by atoms with Crippen molar-refractivity contribution in [2.45, 2.75) is 6.54 Å². The SMILES string of the molecule is CN(C)Cc1cnc(Br)s1. The molecule has 0 aromatic carbocycles. The zero-order chi connectivity index (χ0) is 7.56. The van der Waals surface area contributed by atoms with Gasteiger partial charge in [-0.3, -0.25) is 0 Å². The van der Waals surface area contributed by atoms with Gasteiger partial charge in [-0.1, -0.05) is 0 Å². The van der Waals surface area contributed by atoms with Crippen LogP contribution in [0, 0.1) is 0 Å². The van der Waals surface area contributed by atoms with Crippen molar-refractivity contribution in [3.8, 4) is 0 Å². The number of thiazole rings is 1. The van der Waals surface area contributed by atoms with Crippen LogP contribution in [-0.4, -0.2) is 24.0 Å². The predicted molar refractivity (Wildman–Crippen MR) is 47.2 cm³/mol. The van der Waals surface area contributed by atoms with Crippen LogP contribution in [0.15, 0.2) is 10.1 Å². The van der Waals surface area contributed by atoms with E-state index < -0.39 is 0 Å². The summed E-state index contributed by atoms with van der Waals surface area (Å²) in [6, 6.07) is 0. The summed E-state index contributed by atoms with van der Waals surface area (Å²) < 4.78 is 0.962. The van der Waals surface area contributed by atoms with Gasteiger partial charge in [-0.25, -0.2) is 4.98 Å². The van der Waals surface area contributed by atoms with Crippen LogP contribution < -0.4 is 0 Å². The van der Waals surface area contributed by atoms with E-state index in [0.717, 1.165) is 10.5 Å². The first-order valence-electron chi connectivity index (χ1n) is 2.93. The van der Waals surface area contributed by atoms with E-state index in [1.165, 1.54) is 4.88 Å². The Kier molecular flexibility index (Phi) is 2.82. The molecule has 1 rings (SSSR count). The van der Waals surface area contributed by atoms with Gasteiger partial charge in [-0.15, -0.1) is 11.3 Å². The third kappa shape index (κ3) is 2.36. The van der Waals surface area contributed by atoms with Gasteiger partial charge in [-0.2, -0.15) is 0 Å². The third-order valence-electron chi connectivity index (χ3n) is 0.997. The van der Waals surface area contributed by atoms with Gasteiger partial charge in [0.15, 0.2) is 3.92 Å². The fraction of sp³-hybridized carbons (Fsp3) is 0.500. The maximum atomic E-state index is 4.08. The molecule has 0 saturated carbocycles. The molecule has 0 aliphatic carbocycles. The van der Waals surface area contributed by atoms with Crippen molar-refractivity contribution in [3.05, 3.63) is 15.0 Å². The Morgan fingerprint density at radius 2 is 2.40 bits per heavy atom. The summed E-state index contributed by atoms with van der Waals surface area (Å²) in [6.07, 6.45) is 1.90. The van der Waals surface area contributed by atoms with Gasteiger partial charge < -0.3 is 4.90 Å². The quantitative estimate of drug-likeness (QED) is 0.758. The Morgan fingerprint density at radius 1 is 1.70 bits per heavy atom. The van der Waals surface area contributed by atoms with Crippen LogP contribution in [0.5, 0.6) is 0 Å². The average Bonchev–Trinajstić information content (AvgIpc) is 2.13. The molecule has 0 unspecified atom stereocenters. The zero-order valence-electron chi connectivity index (χ0n) is 5.97. The molecule has 4 heteroatoms. The molecule has 0 bridgehead atoms. The van der Waals surface area contributed by atoms with Crippen molar-refractivity contribution in [2.75, 3.05) is 14.1 Å². The van der Waals surface area contributed by atoms with Crippen LogP contribution in [0.1, 0.15) is 4.88 Å². The Hall–Kier alpha value is 0.0700. The van der Waals surface area contributed by atoms with E-state index in [1.807, 2.05) is 20.3 Å². The first kappa shape index (κ1) is 8.17. The van der Waals surface area contributed by atoms with Gasteiger partial charge in [-0.05, 0) is 30.0 Å². The molecular weight excluding hydrogens is 212 g/mol. The van der Waals surface area contributed by atoms with E-state index in [9.17, 15) is 0 Å². The van der Waals surface area contributed by atoms with Crippen LogP contribution in [0.3, 0.4) is 0 Å². The lowest BCUT2D eigenvalue weighted by molar-refractivity contribution is 0.406. The number of hydrogen-bond donors (Lipinski definition) is 0. The van der Waals surface area contributed by atoms with E-state index in [4.69, 9.17) is 0 Å². The van der Waals surface area contributed by atoms with Crippen molar-refractivity contribution < 1.29 is 0 Å². The van der Waals surface area contributed by atoms with Crippen LogP contribution >= 0.6 is 27.3 Å². The van der Waals surface area contributed by atoms with Gasteiger partial charge in [0.05, 0.1) is 0 Å². The summed E-state index contributed by atoms with van der Waals surface area (Å²) in [5.41, 5.74) is 0. The van der Waals surface area contributed by atoms with Crippen molar-refractivity contribution >= 4 is 27.3 Å². The number of nitrogens with zero attached hydrogens (tertiary/aromatic N) is 2. The van der Waals surface area contributed by atoms with Crippen LogP contribution in [-0.2, 0) is 6.54 Å². The molecular formula is C6H9BrN2S. The van der Waals surface area contributed by atoms with Crippen molar-refractivity contribution in [3.63, 3.8) is 0 Å². The lowest BCUT2D eigenvalue weighted by atomic mass is 10.5. The maximum absolute atomic E-state index is 4.08. The molecule has 2 nitrogen and oxygen atoms in total. The highest BCUT2D eigenvalue weighted by molar-refractivity contribution is 9.11. The monoisotopic (exact) mass is 220 g/mol. The van der Waals surface area contributed by atoms with Gasteiger partial charge in [0.25, 0.3) is 0 Å². The molecule has 1 aromatic heterocycles. The van der Waals surface area contributed by atoms with Gasteiger partial charge >= 0.3 is 0 Å². The number of hydrogen-bond acceptors (Lipinski definition) is 3. The average molecular weight is 221 g/mol. The Morgan fingerprint density at radius 3 is 2.80 bits per heavy atom. The molecule has 10 heavy (non-hydrogen) atoms. The number of rotatable bonds is 2. The van der Waals surface area contributed by atoms with Crippen molar-refractivity contribution in [2.24, 2.45) is 0 Å². The fourth-order valence-electron chi connectivity index (χ4n) is 0.668. The lowest BCUT2D eigenvalue weighted by Gasteiger charge is -2.04. The largest absolute Gasteiger partial charge is 0.304 e. The molecule has 1 aromatic rings. The van der Waals surface area contributed by atoms with E-state index in [0.29, 0.717) is 0 Å². The molecule has 56 valence electrons. The summed E-state index contributed by atoms with van der Waals surface area (Å²) in [7, 11) is 4.10. The summed E-state index contributed by atoms with van der Waals surface area (Å²) >= 11 is 4.99. The minimum Gasteiger partial charge on any atom is -0.304 e. The second kappa shape index (κ2) is 3.46. The molecule has 0 spiro atoms. The molecule has 0 aliphatic rings. The number of halogens is 1. The highest BCUT2D eigenvalue weighted by Gasteiger charge is 1.98. The Balaban J connectivity index is 2.58. The second-order valence-electron chi connectivity index (χ2n) is 2.32. The minimum atomic E-state index is 0.962. The first-order valence-corrected chi connectivity index (χ1v) is 4.54. The molecule has 0 radical (unpaired) electrons. The normalized spacial score (nSPS) is 10.8. The zero-order valence-corrected chi connectivity index (χ0v) is 8.37. The molecule has 0 amide bonds. The van der Waals surface area contributed by atoms with Crippen molar-refractivity contribution in [1.82, 2.24) is 9.88 Å².